The number of carbonyl (C=O) groups excluding carboxylic acids is 1. The van der Waals surface area contributed by atoms with Gasteiger partial charge in [-0.05, 0) is 42.8 Å². The van der Waals surface area contributed by atoms with Gasteiger partial charge in [0.15, 0.2) is 0 Å². The van der Waals surface area contributed by atoms with E-state index in [0.717, 1.165) is 24.3 Å². The maximum atomic E-state index is 11.9. The summed E-state index contributed by atoms with van der Waals surface area (Å²) in [5.74, 6) is 1.51. The third-order valence-electron chi connectivity index (χ3n) is 3.30. The molecule has 4 nitrogen and oxygen atoms in total. The lowest BCUT2D eigenvalue weighted by molar-refractivity contribution is 0.0953. The number of unbranched alkanes of at least 4 members (excludes halogenated alkanes) is 1. The van der Waals surface area contributed by atoms with Crippen LogP contribution in [0.3, 0.4) is 0 Å². The molecular formula is C19H23NO3. The van der Waals surface area contributed by atoms with Crippen LogP contribution in [0.1, 0.15) is 30.1 Å². The molecule has 0 aliphatic rings. The van der Waals surface area contributed by atoms with Gasteiger partial charge in [-0.25, -0.2) is 0 Å². The Balaban J connectivity index is 1.71. The van der Waals surface area contributed by atoms with Crippen LogP contribution in [-0.4, -0.2) is 25.7 Å². The molecule has 0 unspecified atom stereocenters. The molecule has 2 aromatic rings. The summed E-state index contributed by atoms with van der Waals surface area (Å²) in [6.45, 7) is 3.74. The van der Waals surface area contributed by atoms with Gasteiger partial charge < -0.3 is 14.8 Å². The van der Waals surface area contributed by atoms with Gasteiger partial charge >= 0.3 is 0 Å². The van der Waals surface area contributed by atoms with Crippen molar-refractivity contribution in [3.8, 4) is 11.5 Å². The number of rotatable bonds is 9. The number of amides is 1. The van der Waals surface area contributed by atoms with Gasteiger partial charge in [-0.2, -0.15) is 0 Å². The first-order valence-electron chi connectivity index (χ1n) is 7.98. The number of ether oxygens (including phenoxy) is 2. The van der Waals surface area contributed by atoms with Crippen molar-refractivity contribution in [3.05, 3.63) is 60.2 Å². The van der Waals surface area contributed by atoms with E-state index in [9.17, 15) is 4.79 Å². The number of hydrogen-bond acceptors (Lipinski definition) is 3. The summed E-state index contributed by atoms with van der Waals surface area (Å²) in [5, 5.41) is 2.89. The highest BCUT2D eigenvalue weighted by Gasteiger charge is 2.04. The van der Waals surface area contributed by atoms with E-state index in [1.54, 1.807) is 24.3 Å². The zero-order valence-electron chi connectivity index (χ0n) is 13.5. The Morgan fingerprint density at radius 1 is 0.913 bits per heavy atom. The average Bonchev–Trinajstić information content (AvgIpc) is 2.60. The van der Waals surface area contributed by atoms with Crippen molar-refractivity contribution in [2.75, 3.05) is 19.8 Å². The lowest BCUT2D eigenvalue weighted by atomic mass is 10.2. The Kier molecular flexibility index (Phi) is 6.98. The van der Waals surface area contributed by atoms with Gasteiger partial charge in [-0.15, -0.1) is 0 Å². The Hall–Kier alpha value is -2.49. The molecule has 23 heavy (non-hydrogen) atoms. The lowest BCUT2D eigenvalue weighted by Gasteiger charge is -2.09. The van der Waals surface area contributed by atoms with Gasteiger partial charge in [0.05, 0.1) is 0 Å². The van der Waals surface area contributed by atoms with Gasteiger partial charge in [-0.3, -0.25) is 4.79 Å². The highest BCUT2D eigenvalue weighted by atomic mass is 16.5. The van der Waals surface area contributed by atoms with Crippen LogP contribution in [0.5, 0.6) is 11.5 Å². The highest BCUT2D eigenvalue weighted by Crippen LogP contribution is 2.13. The fraction of sp³-hybridized carbons (Fsp3) is 0.316. The standard InChI is InChI=1S/C19H23NO3/c1-2-3-13-20-19(21)16-9-11-18(12-10-16)23-15-14-22-17-7-5-4-6-8-17/h4-12H,2-3,13-15H2,1H3,(H,20,21). The summed E-state index contributed by atoms with van der Waals surface area (Å²) in [6.07, 6.45) is 2.06. The van der Waals surface area contributed by atoms with E-state index in [0.29, 0.717) is 25.3 Å². The van der Waals surface area contributed by atoms with E-state index >= 15 is 0 Å². The third kappa shape index (κ3) is 6.02. The van der Waals surface area contributed by atoms with Crippen molar-refractivity contribution in [1.82, 2.24) is 5.32 Å². The van der Waals surface area contributed by atoms with Crippen molar-refractivity contribution < 1.29 is 14.3 Å². The van der Waals surface area contributed by atoms with E-state index in [-0.39, 0.29) is 5.91 Å². The molecule has 2 rings (SSSR count). The third-order valence-corrected chi connectivity index (χ3v) is 3.30. The van der Waals surface area contributed by atoms with Crippen molar-refractivity contribution in [2.24, 2.45) is 0 Å². The van der Waals surface area contributed by atoms with Crippen LogP contribution in [0.4, 0.5) is 0 Å². The summed E-state index contributed by atoms with van der Waals surface area (Å²) in [6, 6.07) is 16.8. The summed E-state index contributed by atoms with van der Waals surface area (Å²) < 4.78 is 11.2. The second kappa shape index (κ2) is 9.51. The molecule has 0 bridgehead atoms. The second-order valence-corrected chi connectivity index (χ2v) is 5.14. The normalized spacial score (nSPS) is 10.1. The maximum absolute atomic E-state index is 11.9. The molecule has 0 aromatic heterocycles. The molecule has 0 saturated heterocycles. The smallest absolute Gasteiger partial charge is 0.251 e. The van der Waals surface area contributed by atoms with Gasteiger partial charge in [-0.1, -0.05) is 31.5 Å². The summed E-state index contributed by atoms with van der Waals surface area (Å²) in [4.78, 5) is 11.9. The average molecular weight is 313 g/mol. The number of carbonyl (C=O) groups is 1. The monoisotopic (exact) mass is 313 g/mol. The molecule has 0 atom stereocenters. The molecule has 4 heteroatoms. The number of benzene rings is 2. The van der Waals surface area contributed by atoms with Crippen molar-refractivity contribution in [2.45, 2.75) is 19.8 Å². The minimum Gasteiger partial charge on any atom is -0.490 e. The first-order valence-corrected chi connectivity index (χ1v) is 7.98. The zero-order valence-corrected chi connectivity index (χ0v) is 13.5. The largest absolute Gasteiger partial charge is 0.490 e. The second-order valence-electron chi connectivity index (χ2n) is 5.14. The minimum absolute atomic E-state index is 0.0441. The van der Waals surface area contributed by atoms with Gasteiger partial charge in [0.25, 0.3) is 5.91 Å². The molecule has 0 aliphatic heterocycles. The van der Waals surface area contributed by atoms with Gasteiger partial charge in [0.1, 0.15) is 24.7 Å². The van der Waals surface area contributed by atoms with Crippen molar-refractivity contribution >= 4 is 5.91 Å². The van der Waals surface area contributed by atoms with E-state index in [1.807, 2.05) is 30.3 Å². The fourth-order valence-corrected chi connectivity index (χ4v) is 2.02. The zero-order chi connectivity index (χ0) is 16.3. The van der Waals surface area contributed by atoms with Crippen LogP contribution in [-0.2, 0) is 0 Å². The van der Waals surface area contributed by atoms with E-state index < -0.39 is 0 Å². The highest BCUT2D eigenvalue weighted by molar-refractivity contribution is 5.94. The molecule has 1 amide bonds. The fourth-order valence-electron chi connectivity index (χ4n) is 2.02. The predicted molar refractivity (Wildman–Crippen MR) is 91.1 cm³/mol. The first kappa shape index (κ1) is 16.9. The van der Waals surface area contributed by atoms with Crippen molar-refractivity contribution in [1.29, 1.82) is 0 Å². The van der Waals surface area contributed by atoms with E-state index in [2.05, 4.69) is 12.2 Å². The van der Waals surface area contributed by atoms with Crippen LogP contribution in [0.2, 0.25) is 0 Å². The van der Waals surface area contributed by atoms with Crippen LogP contribution < -0.4 is 14.8 Å². The quantitative estimate of drug-likeness (QED) is 0.719. The molecule has 1 N–H and O–H groups in total. The Morgan fingerprint density at radius 3 is 2.13 bits per heavy atom. The first-order chi connectivity index (χ1) is 11.3. The maximum Gasteiger partial charge on any atom is 0.251 e. The van der Waals surface area contributed by atoms with Crippen LogP contribution >= 0.6 is 0 Å². The summed E-state index contributed by atoms with van der Waals surface area (Å²) in [5.41, 5.74) is 0.647. The Morgan fingerprint density at radius 2 is 1.52 bits per heavy atom. The van der Waals surface area contributed by atoms with E-state index in [4.69, 9.17) is 9.47 Å². The topological polar surface area (TPSA) is 47.6 Å². The molecule has 2 aromatic carbocycles. The molecule has 0 heterocycles. The lowest BCUT2D eigenvalue weighted by Crippen LogP contribution is -2.24. The van der Waals surface area contributed by atoms with E-state index in [1.165, 1.54) is 0 Å². The Labute approximate surface area is 137 Å². The molecule has 0 fully saturated rings. The van der Waals surface area contributed by atoms with Crippen molar-refractivity contribution in [3.63, 3.8) is 0 Å². The predicted octanol–water partition coefficient (Wildman–Crippen LogP) is 3.67. The summed E-state index contributed by atoms with van der Waals surface area (Å²) >= 11 is 0. The van der Waals surface area contributed by atoms with Crippen LogP contribution in [0, 0.1) is 0 Å². The molecule has 0 saturated carbocycles. The van der Waals surface area contributed by atoms with Gasteiger partial charge in [0.2, 0.25) is 0 Å². The van der Waals surface area contributed by atoms with Gasteiger partial charge in [0, 0.05) is 12.1 Å². The number of hydrogen-bond donors (Lipinski definition) is 1. The SMILES string of the molecule is CCCCNC(=O)c1ccc(OCCOc2ccccc2)cc1. The molecular weight excluding hydrogens is 290 g/mol. The number of para-hydroxylation sites is 1. The number of nitrogens with one attached hydrogen (secondary N) is 1. The molecule has 0 radical (unpaired) electrons. The van der Waals surface area contributed by atoms with Crippen LogP contribution in [0.25, 0.3) is 0 Å². The summed E-state index contributed by atoms with van der Waals surface area (Å²) in [7, 11) is 0. The molecule has 122 valence electrons. The molecule has 0 spiro atoms. The minimum atomic E-state index is -0.0441. The van der Waals surface area contributed by atoms with Crippen LogP contribution in [0.15, 0.2) is 54.6 Å². The Bertz CT molecular complexity index is 581. The molecule has 0 aliphatic carbocycles.